The van der Waals surface area contributed by atoms with Crippen molar-refractivity contribution in [3.63, 3.8) is 0 Å². The van der Waals surface area contributed by atoms with Gasteiger partial charge in [0.25, 0.3) is 0 Å². The molecule has 17 heavy (non-hydrogen) atoms. The molecule has 0 saturated carbocycles. The van der Waals surface area contributed by atoms with E-state index in [1.807, 2.05) is 13.8 Å². The molecule has 0 rings (SSSR count). The summed E-state index contributed by atoms with van der Waals surface area (Å²) in [5.74, 6) is -0.417. The van der Waals surface area contributed by atoms with Crippen molar-refractivity contribution in [2.24, 2.45) is 0 Å². The van der Waals surface area contributed by atoms with Gasteiger partial charge in [-0.05, 0) is 27.7 Å². The van der Waals surface area contributed by atoms with Crippen molar-refractivity contribution >= 4 is 0 Å². The smallest absolute Gasteiger partial charge is 0.161 e. The standard InChI is InChI=1S/C6H14.C5H12O2.C3H8O/c1-3-5-6-4-2;1-5(2,6-3)7-4;1-3(2)4/h3-6H2,1-2H3;1-4H3;3-4H,1-2H3. The molecule has 3 heteroatoms. The highest BCUT2D eigenvalue weighted by atomic mass is 16.7. The molecule has 0 radical (unpaired) electrons. The van der Waals surface area contributed by atoms with E-state index in [1.54, 1.807) is 28.1 Å². The molecule has 0 unspecified atom stereocenters. The zero-order valence-corrected chi connectivity index (χ0v) is 13.2. The Morgan fingerprint density at radius 2 is 1.18 bits per heavy atom. The number of aliphatic hydroxyl groups is 1. The predicted molar refractivity (Wildman–Crippen MR) is 75.3 cm³/mol. The normalized spacial score (nSPS) is 10.2. The summed E-state index contributed by atoms with van der Waals surface area (Å²) in [6.07, 6.45) is 5.37. The molecule has 0 spiro atoms. The fourth-order valence-corrected chi connectivity index (χ4v) is 0.583. The van der Waals surface area contributed by atoms with E-state index < -0.39 is 5.79 Å². The number of rotatable bonds is 5. The summed E-state index contributed by atoms with van der Waals surface area (Å²) in [5.41, 5.74) is 0. The van der Waals surface area contributed by atoms with E-state index in [9.17, 15) is 0 Å². The molecule has 1 N–H and O–H groups in total. The highest BCUT2D eigenvalue weighted by molar-refractivity contribution is 4.47. The molecule has 0 aliphatic rings. The van der Waals surface area contributed by atoms with Gasteiger partial charge < -0.3 is 14.6 Å². The van der Waals surface area contributed by atoms with Crippen LogP contribution in [0.5, 0.6) is 0 Å². The maximum absolute atomic E-state index is 8.06. The van der Waals surface area contributed by atoms with Gasteiger partial charge in [-0.1, -0.05) is 39.5 Å². The third-order valence-corrected chi connectivity index (χ3v) is 1.94. The van der Waals surface area contributed by atoms with E-state index >= 15 is 0 Å². The van der Waals surface area contributed by atoms with E-state index in [0.717, 1.165) is 0 Å². The SMILES string of the molecule is CC(C)O.CCCCCC.COC(C)(C)OC. The van der Waals surface area contributed by atoms with Gasteiger partial charge in [0.05, 0.1) is 0 Å². The first kappa shape index (κ1) is 22.1. The van der Waals surface area contributed by atoms with E-state index in [4.69, 9.17) is 14.6 Å². The summed E-state index contributed by atoms with van der Waals surface area (Å²) in [4.78, 5) is 0. The summed E-state index contributed by atoms with van der Waals surface area (Å²) in [6.45, 7) is 11.6. The molecule has 0 saturated heterocycles. The molecule has 0 heterocycles. The first-order valence-electron chi connectivity index (χ1n) is 6.55. The van der Waals surface area contributed by atoms with Crippen LogP contribution in [0.2, 0.25) is 0 Å². The van der Waals surface area contributed by atoms with Crippen LogP contribution in [0.15, 0.2) is 0 Å². The Kier molecular flexibility index (Phi) is 20.6. The first-order chi connectivity index (χ1) is 7.77. The van der Waals surface area contributed by atoms with Gasteiger partial charge >= 0.3 is 0 Å². The van der Waals surface area contributed by atoms with Crippen molar-refractivity contribution in [2.75, 3.05) is 14.2 Å². The van der Waals surface area contributed by atoms with Crippen molar-refractivity contribution in [3.8, 4) is 0 Å². The van der Waals surface area contributed by atoms with E-state index in [2.05, 4.69) is 13.8 Å². The Morgan fingerprint density at radius 1 is 0.941 bits per heavy atom. The van der Waals surface area contributed by atoms with E-state index in [-0.39, 0.29) is 6.10 Å². The average Bonchev–Trinajstić information content (AvgIpc) is 2.26. The molecule has 0 amide bonds. The number of hydrogen-bond acceptors (Lipinski definition) is 3. The predicted octanol–water partition coefficient (Wildman–Crippen LogP) is 3.99. The molecule has 0 aromatic carbocycles. The quantitative estimate of drug-likeness (QED) is 0.592. The van der Waals surface area contributed by atoms with Crippen LogP contribution in [0.3, 0.4) is 0 Å². The van der Waals surface area contributed by atoms with Crippen LogP contribution in [0.25, 0.3) is 0 Å². The minimum Gasteiger partial charge on any atom is -0.394 e. The highest BCUT2D eigenvalue weighted by Crippen LogP contribution is 2.05. The molecule has 0 fully saturated rings. The molecular weight excluding hydrogens is 216 g/mol. The minimum absolute atomic E-state index is 0.167. The lowest BCUT2D eigenvalue weighted by Gasteiger charge is -2.19. The van der Waals surface area contributed by atoms with Crippen LogP contribution < -0.4 is 0 Å². The van der Waals surface area contributed by atoms with E-state index in [0.29, 0.717) is 0 Å². The number of ether oxygens (including phenoxy) is 2. The van der Waals surface area contributed by atoms with Crippen molar-refractivity contribution < 1.29 is 14.6 Å². The van der Waals surface area contributed by atoms with Gasteiger partial charge in [0.1, 0.15) is 0 Å². The number of unbranched alkanes of at least 4 members (excludes halogenated alkanes) is 3. The zero-order chi connectivity index (χ0) is 14.3. The highest BCUT2D eigenvalue weighted by Gasteiger charge is 2.11. The molecule has 0 aromatic rings. The molecule has 0 aromatic heterocycles. The lowest BCUT2D eigenvalue weighted by atomic mass is 10.2. The maximum Gasteiger partial charge on any atom is 0.161 e. The average molecular weight is 250 g/mol. The topological polar surface area (TPSA) is 38.7 Å². The molecular formula is C14H34O3. The Bertz CT molecular complexity index is 110. The fraction of sp³-hybridized carbons (Fsp3) is 1.00. The second kappa shape index (κ2) is 15.9. The van der Waals surface area contributed by atoms with Crippen LogP contribution in [0.4, 0.5) is 0 Å². The third kappa shape index (κ3) is 38.8. The van der Waals surface area contributed by atoms with Gasteiger partial charge in [0.15, 0.2) is 5.79 Å². The van der Waals surface area contributed by atoms with Crippen molar-refractivity contribution in [1.82, 2.24) is 0 Å². The monoisotopic (exact) mass is 250 g/mol. The Balaban J connectivity index is -0.000000180. The van der Waals surface area contributed by atoms with Crippen molar-refractivity contribution in [3.05, 3.63) is 0 Å². The third-order valence-electron chi connectivity index (χ3n) is 1.94. The molecule has 0 aliphatic carbocycles. The number of hydrogen-bond donors (Lipinski definition) is 1. The fourth-order valence-electron chi connectivity index (χ4n) is 0.583. The van der Waals surface area contributed by atoms with Crippen LogP contribution in [0, 0.1) is 0 Å². The molecule has 0 aliphatic heterocycles. The number of aliphatic hydroxyl groups excluding tert-OH is 1. The molecule has 0 bridgehead atoms. The van der Waals surface area contributed by atoms with Crippen LogP contribution >= 0.6 is 0 Å². The Labute approximate surface area is 109 Å². The lowest BCUT2D eigenvalue weighted by Crippen LogP contribution is -2.24. The second-order valence-electron chi connectivity index (χ2n) is 4.61. The summed E-state index contributed by atoms with van der Waals surface area (Å²) in [7, 11) is 3.23. The summed E-state index contributed by atoms with van der Waals surface area (Å²) in [5, 5.41) is 8.06. The molecule has 3 nitrogen and oxygen atoms in total. The lowest BCUT2D eigenvalue weighted by molar-refractivity contribution is -0.178. The zero-order valence-electron chi connectivity index (χ0n) is 13.2. The van der Waals surface area contributed by atoms with Gasteiger partial charge in [0, 0.05) is 20.3 Å². The van der Waals surface area contributed by atoms with Gasteiger partial charge in [-0.3, -0.25) is 0 Å². The van der Waals surface area contributed by atoms with Gasteiger partial charge in [0.2, 0.25) is 0 Å². The molecule has 0 atom stereocenters. The largest absolute Gasteiger partial charge is 0.394 e. The van der Waals surface area contributed by atoms with Crippen molar-refractivity contribution in [2.45, 2.75) is 79.1 Å². The minimum atomic E-state index is -0.417. The Hall–Kier alpha value is -0.120. The van der Waals surface area contributed by atoms with E-state index in [1.165, 1.54) is 25.7 Å². The summed E-state index contributed by atoms with van der Waals surface area (Å²) < 4.78 is 9.73. The van der Waals surface area contributed by atoms with Gasteiger partial charge in [-0.2, -0.15) is 0 Å². The molecule has 108 valence electrons. The summed E-state index contributed by atoms with van der Waals surface area (Å²) >= 11 is 0. The summed E-state index contributed by atoms with van der Waals surface area (Å²) in [6, 6.07) is 0. The number of methoxy groups -OCH3 is 2. The van der Waals surface area contributed by atoms with Crippen molar-refractivity contribution in [1.29, 1.82) is 0 Å². The van der Waals surface area contributed by atoms with Crippen LogP contribution in [-0.4, -0.2) is 31.2 Å². The maximum atomic E-state index is 8.06. The second-order valence-corrected chi connectivity index (χ2v) is 4.61. The van der Waals surface area contributed by atoms with Gasteiger partial charge in [-0.15, -0.1) is 0 Å². The Morgan fingerprint density at radius 3 is 1.24 bits per heavy atom. The van der Waals surface area contributed by atoms with Gasteiger partial charge in [-0.25, -0.2) is 0 Å². The van der Waals surface area contributed by atoms with Crippen LogP contribution in [0.1, 0.15) is 67.2 Å². The van der Waals surface area contributed by atoms with Crippen LogP contribution in [-0.2, 0) is 9.47 Å². The first-order valence-corrected chi connectivity index (χ1v) is 6.55.